The van der Waals surface area contributed by atoms with E-state index in [0.29, 0.717) is 29.5 Å². The molecule has 0 aliphatic rings. The van der Waals surface area contributed by atoms with E-state index >= 15 is 0 Å². The van der Waals surface area contributed by atoms with Gasteiger partial charge in [-0.3, -0.25) is 0 Å². The highest BCUT2D eigenvalue weighted by Crippen LogP contribution is 2.30. The topological polar surface area (TPSA) is 70.9 Å². The Balaban J connectivity index is 1.59. The highest BCUT2D eigenvalue weighted by Gasteiger charge is 2.10. The maximum atomic E-state index is 9.65. The number of rotatable bonds is 6. The van der Waals surface area contributed by atoms with Crippen molar-refractivity contribution in [2.75, 3.05) is 7.11 Å². The number of allylic oxidation sites excluding steroid dienone is 1. The maximum Gasteiger partial charge on any atom is 0.161 e. The second-order valence-corrected chi connectivity index (χ2v) is 6.90. The molecule has 0 fully saturated rings. The zero-order chi connectivity index (χ0) is 20.9. The Bertz CT molecular complexity index is 1230. The number of methoxy groups -OCH3 is 1. The van der Waals surface area contributed by atoms with Gasteiger partial charge in [0.2, 0.25) is 0 Å². The summed E-state index contributed by atoms with van der Waals surface area (Å²) in [6.07, 6.45) is 1.78. The second kappa shape index (κ2) is 8.54. The minimum absolute atomic E-state index is 0.446. The van der Waals surface area contributed by atoms with Crippen LogP contribution in [0.1, 0.15) is 22.5 Å². The van der Waals surface area contributed by atoms with E-state index in [0.717, 1.165) is 22.2 Å². The summed E-state index contributed by atoms with van der Waals surface area (Å²) in [5.41, 5.74) is 5.30. The molecule has 0 atom stereocenters. The normalized spacial score (nSPS) is 11.3. The van der Waals surface area contributed by atoms with Crippen molar-refractivity contribution in [1.82, 2.24) is 9.97 Å². The lowest BCUT2D eigenvalue weighted by atomic mass is 10.1. The molecule has 0 radical (unpaired) electrons. The van der Waals surface area contributed by atoms with Gasteiger partial charge in [0.05, 0.1) is 23.7 Å². The quantitative estimate of drug-likeness (QED) is 0.436. The molecular weight excluding hydrogens is 374 g/mol. The molecule has 0 aliphatic heterocycles. The smallest absolute Gasteiger partial charge is 0.161 e. The summed E-state index contributed by atoms with van der Waals surface area (Å²) >= 11 is 0. The molecule has 0 spiro atoms. The number of hydrogen-bond donors (Lipinski definition) is 1. The third-order valence-electron chi connectivity index (χ3n) is 4.91. The Labute approximate surface area is 175 Å². The third-order valence-corrected chi connectivity index (χ3v) is 4.91. The van der Waals surface area contributed by atoms with Gasteiger partial charge in [-0.25, -0.2) is 4.98 Å². The van der Waals surface area contributed by atoms with Crippen molar-refractivity contribution in [2.24, 2.45) is 0 Å². The van der Waals surface area contributed by atoms with Gasteiger partial charge in [-0.2, -0.15) is 5.26 Å². The molecule has 0 unspecified atom stereocenters. The molecule has 0 saturated carbocycles. The van der Waals surface area contributed by atoms with Crippen LogP contribution < -0.4 is 9.47 Å². The number of imidazole rings is 1. The minimum atomic E-state index is 0.446. The van der Waals surface area contributed by atoms with Crippen LogP contribution in [-0.2, 0) is 6.61 Å². The molecule has 1 aromatic heterocycles. The molecular formula is C25H21N3O2. The molecule has 4 aromatic rings. The predicted molar refractivity (Wildman–Crippen MR) is 118 cm³/mol. The van der Waals surface area contributed by atoms with E-state index in [1.54, 1.807) is 13.2 Å². The first-order valence-electron chi connectivity index (χ1n) is 9.60. The first kappa shape index (κ1) is 19.3. The van der Waals surface area contributed by atoms with E-state index in [1.807, 2.05) is 60.7 Å². The summed E-state index contributed by atoms with van der Waals surface area (Å²) in [5.74, 6) is 1.80. The van der Waals surface area contributed by atoms with E-state index in [9.17, 15) is 5.26 Å². The Morgan fingerprint density at radius 3 is 2.63 bits per heavy atom. The molecule has 148 valence electrons. The maximum absolute atomic E-state index is 9.65. The number of ether oxygens (including phenoxy) is 2. The van der Waals surface area contributed by atoms with E-state index in [2.05, 4.69) is 29.0 Å². The van der Waals surface area contributed by atoms with Crippen LogP contribution in [0.2, 0.25) is 0 Å². The van der Waals surface area contributed by atoms with Crippen LogP contribution in [0.4, 0.5) is 0 Å². The summed E-state index contributed by atoms with van der Waals surface area (Å²) in [6.45, 7) is 2.52. The van der Waals surface area contributed by atoms with E-state index < -0.39 is 0 Å². The van der Waals surface area contributed by atoms with Crippen molar-refractivity contribution in [3.63, 3.8) is 0 Å². The van der Waals surface area contributed by atoms with Crippen LogP contribution in [0, 0.1) is 18.3 Å². The fraction of sp³-hybridized carbons (Fsp3) is 0.120. The molecule has 0 saturated heterocycles. The van der Waals surface area contributed by atoms with Crippen molar-refractivity contribution in [1.29, 1.82) is 5.26 Å². The van der Waals surface area contributed by atoms with Gasteiger partial charge < -0.3 is 14.5 Å². The number of fused-ring (bicyclic) bond motifs is 1. The van der Waals surface area contributed by atoms with Crippen molar-refractivity contribution in [2.45, 2.75) is 13.5 Å². The zero-order valence-corrected chi connectivity index (χ0v) is 16.8. The van der Waals surface area contributed by atoms with E-state index in [-0.39, 0.29) is 0 Å². The van der Waals surface area contributed by atoms with Gasteiger partial charge in [0.25, 0.3) is 0 Å². The van der Waals surface area contributed by atoms with Crippen LogP contribution in [0.15, 0.2) is 66.7 Å². The standard InChI is InChI=1S/C25H21N3O2/c1-17-7-3-4-8-19(17)16-30-23-12-11-18(14-24(23)29-2)13-20(15-26)25-27-21-9-5-6-10-22(21)28-25/h3-14H,16H2,1-2H3,(H,27,28). The number of aromatic nitrogens is 2. The fourth-order valence-corrected chi connectivity index (χ4v) is 3.22. The highest BCUT2D eigenvalue weighted by atomic mass is 16.5. The molecule has 30 heavy (non-hydrogen) atoms. The Hall–Kier alpha value is -4.04. The number of hydrogen-bond acceptors (Lipinski definition) is 4. The number of nitriles is 1. The van der Waals surface area contributed by atoms with Crippen LogP contribution >= 0.6 is 0 Å². The van der Waals surface area contributed by atoms with Crippen molar-refractivity contribution < 1.29 is 9.47 Å². The highest BCUT2D eigenvalue weighted by molar-refractivity contribution is 5.90. The lowest BCUT2D eigenvalue weighted by Gasteiger charge is -2.12. The molecule has 4 rings (SSSR count). The lowest BCUT2D eigenvalue weighted by Crippen LogP contribution is -1.99. The summed E-state index contributed by atoms with van der Waals surface area (Å²) < 4.78 is 11.5. The molecule has 5 heteroatoms. The van der Waals surface area contributed by atoms with Gasteiger partial charge in [-0.1, -0.05) is 42.5 Å². The van der Waals surface area contributed by atoms with Gasteiger partial charge in [0, 0.05) is 0 Å². The van der Waals surface area contributed by atoms with Gasteiger partial charge >= 0.3 is 0 Å². The number of para-hydroxylation sites is 2. The number of aryl methyl sites for hydroxylation is 1. The summed E-state index contributed by atoms with van der Waals surface area (Å²) in [7, 11) is 1.61. The number of H-pyrrole nitrogens is 1. The van der Waals surface area contributed by atoms with E-state index in [4.69, 9.17) is 9.47 Å². The Kier molecular flexibility index (Phi) is 5.49. The van der Waals surface area contributed by atoms with E-state index in [1.165, 1.54) is 5.56 Å². The van der Waals surface area contributed by atoms with Gasteiger partial charge in [0.15, 0.2) is 11.5 Å². The van der Waals surface area contributed by atoms with Crippen molar-refractivity contribution in [3.05, 3.63) is 89.2 Å². The van der Waals surface area contributed by atoms with Crippen molar-refractivity contribution in [3.8, 4) is 17.6 Å². The fourth-order valence-electron chi connectivity index (χ4n) is 3.22. The molecule has 0 amide bonds. The number of benzene rings is 3. The molecule has 0 bridgehead atoms. The average Bonchev–Trinajstić information content (AvgIpc) is 3.21. The number of nitrogens with one attached hydrogen (secondary N) is 1. The first-order chi connectivity index (χ1) is 14.7. The summed E-state index contributed by atoms with van der Waals surface area (Å²) in [6, 6.07) is 23.7. The molecule has 1 N–H and O–H groups in total. The first-order valence-corrected chi connectivity index (χ1v) is 9.60. The predicted octanol–water partition coefficient (Wildman–Crippen LogP) is 5.52. The van der Waals surface area contributed by atoms with Gasteiger partial charge in [-0.15, -0.1) is 0 Å². The van der Waals surface area contributed by atoms with Crippen LogP contribution in [0.5, 0.6) is 11.5 Å². The van der Waals surface area contributed by atoms with Crippen LogP contribution in [-0.4, -0.2) is 17.1 Å². The van der Waals surface area contributed by atoms with Gasteiger partial charge in [0.1, 0.15) is 18.5 Å². The molecule has 0 aliphatic carbocycles. The largest absolute Gasteiger partial charge is 0.493 e. The second-order valence-electron chi connectivity index (χ2n) is 6.90. The Morgan fingerprint density at radius 2 is 1.87 bits per heavy atom. The molecule has 5 nitrogen and oxygen atoms in total. The number of aromatic amines is 1. The Morgan fingerprint density at radius 1 is 1.07 bits per heavy atom. The molecule has 3 aromatic carbocycles. The van der Waals surface area contributed by atoms with Crippen molar-refractivity contribution >= 4 is 22.7 Å². The SMILES string of the molecule is COc1cc(C=C(C#N)c2nc3ccccc3[nH]2)ccc1OCc1ccccc1C. The monoisotopic (exact) mass is 395 g/mol. The minimum Gasteiger partial charge on any atom is -0.493 e. The third kappa shape index (κ3) is 4.03. The lowest BCUT2D eigenvalue weighted by molar-refractivity contribution is 0.284. The van der Waals surface area contributed by atoms with Crippen LogP contribution in [0.25, 0.3) is 22.7 Å². The zero-order valence-electron chi connectivity index (χ0n) is 16.8. The number of nitrogens with zero attached hydrogens (tertiary/aromatic N) is 2. The van der Waals surface area contributed by atoms with Crippen LogP contribution in [0.3, 0.4) is 0 Å². The average molecular weight is 395 g/mol. The summed E-state index contributed by atoms with van der Waals surface area (Å²) in [4.78, 5) is 7.70. The molecule has 1 heterocycles. The van der Waals surface area contributed by atoms with Gasteiger partial charge in [-0.05, 0) is 54.0 Å². The summed E-state index contributed by atoms with van der Waals surface area (Å²) in [5, 5.41) is 9.65.